The first-order valence-electron chi connectivity index (χ1n) is 12.2. The molecule has 0 aromatic heterocycles. The van der Waals surface area contributed by atoms with Crippen LogP contribution in [0.1, 0.15) is 87.6 Å². The van der Waals surface area contributed by atoms with E-state index < -0.39 is 35.8 Å². The molecule has 0 unspecified atom stereocenters. The second-order valence-electron chi connectivity index (χ2n) is 9.12. The van der Waals surface area contributed by atoms with Crippen LogP contribution in [0.4, 0.5) is 4.79 Å². The van der Waals surface area contributed by atoms with Crippen LogP contribution in [-0.2, 0) is 30.4 Å². The molecule has 0 aliphatic heterocycles. The van der Waals surface area contributed by atoms with Gasteiger partial charge in [-0.25, -0.2) is 14.4 Å². The normalized spacial score (nSPS) is 12.1. The molecule has 1 aromatic rings. The molecule has 0 spiro atoms. The third-order valence-corrected chi connectivity index (χ3v) is 3.96. The summed E-state index contributed by atoms with van der Waals surface area (Å²) in [5, 5.41) is 0. The SMILES string of the molecule is CC.CC(C)C[C@@H](C(=O)O[C@H](C)C(=O)OCc1ccccc1)N(C)C(=O)OC(C)(C)C.CCC. The largest absolute Gasteiger partial charge is 0.458 e. The smallest absolute Gasteiger partial charge is 0.410 e. The first-order valence-corrected chi connectivity index (χ1v) is 12.2. The number of rotatable bonds is 8. The Kier molecular flexibility index (Phi) is 17.6. The Hall–Kier alpha value is -2.57. The molecular formula is C27H47NO6. The van der Waals surface area contributed by atoms with Gasteiger partial charge >= 0.3 is 18.0 Å². The molecule has 34 heavy (non-hydrogen) atoms. The van der Waals surface area contributed by atoms with Crippen LogP contribution in [-0.4, -0.2) is 47.7 Å². The number of hydrogen-bond donors (Lipinski definition) is 0. The number of benzene rings is 1. The summed E-state index contributed by atoms with van der Waals surface area (Å²) in [4.78, 5) is 38.5. The van der Waals surface area contributed by atoms with E-state index in [4.69, 9.17) is 14.2 Å². The number of carbonyl (C=O) groups excluding carboxylic acids is 3. The molecule has 1 rings (SSSR count). The number of ether oxygens (including phenoxy) is 3. The van der Waals surface area contributed by atoms with Crippen LogP contribution in [0.5, 0.6) is 0 Å². The van der Waals surface area contributed by atoms with E-state index in [-0.39, 0.29) is 12.5 Å². The van der Waals surface area contributed by atoms with Crippen LogP contribution in [0, 0.1) is 5.92 Å². The molecule has 7 heteroatoms. The van der Waals surface area contributed by atoms with Gasteiger partial charge in [0.25, 0.3) is 0 Å². The molecule has 7 nitrogen and oxygen atoms in total. The van der Waals surface area contributed by atoms with Gasteiger partial charge in [-0.3, -0.25) is 4.90 Å². The minimum Gasteiger partial charge on any atom is -0.458 e. The topological polar surface area (TPSA) is 82.1 Å². The molecule has 2 atom stereocenters. The van der Waals surface area contributed by atoms with Gasteiger partial charge in [-0.15, -0.1) is 0 Å². The van der Waals surface area contributed by atoms with Gasteiger partial charge in [0, 0.05) is 7.05 Å². The highest BCUT2D eigenvalue weighted by atomic mass is 16.6. The third-order valence-electron chi connectivity index (χ3n) is 3.96. The molecule has 0 N–H and O–H groups in total. The quantitative estimate of drug-likeness (QED) is 0.316. The lowest BCUT2D eigenvalue weighted by Crippen LogP contribution is -2.47. The van der Waals surface area contributed by atoms with E-state index in [0.29, 0.717) is 6.42 Å². The van der Waals surface area contributed by atoms with E-state index in [1.807, 2.05) is 58.0 Å². The molecule has 0 fully saturated rings. The van der Waals surface area contributed by atoms with Crippen molar-refractivity contribution in [3.05, 3.63) is 35.9 Å². The molecule has 1 amide bonds. The van der Waals surface area contributed by atoms with Crippen molar-refractivity contribution >= 4 is 18.0 Å². The van der Waals surface area contributed by atoms with Crippen molar-refractivity contribution < 1.29 is 28.6 Å². The Morgan fingerprint density at radius 2 is 1.44 bits per heavy atom. The summed E-state index contributed by atoms with van der Waals surface area (Å²) in [6.07, 6.45) is -0.0901. The Bertz CT molecular complexity index is 697. The zero-order valence-electron chi connectivity index (χ0n) is 23.1. The summed E-state index contributed by atoms with van der Waals surface area (Å²) in [6, 6.07) is 8.35. The monoisotopic (exact) mass is 481 g/mol. The Morgan fingerprint density at radius 1 is 0.941 bits per heavy atom. The molecule has 196 valence electrons. The number of amides is 1. The molecule has 0 heterocycles. The highest BCUT2D eigenvalue weighted by Gasteiger charge is 2.34. The molecule has 0 saturated heterocycles. The van der Waals surface area contributed by atoms with E-state index >= 15 is 0 Å². The fourth-order valence-corrected chi connectivity index (χ4v) is 2.47. The average Bonchev–Trinajstić information content (AvgIpc) is 2.76. The number of hydrogen-bond acceptors (Lipinski definition) is 6. The van der Waals surface area contributed by atoms with E-state index in [0.717, 1.165) is 5.56 Å². The van der Waals surface area contributed by atoms with Crippen molar-refractivity contribution in [2.45, 2.75) is 106 Å². The fraction of sp³-hybridized carbons (Fsp3) is 0.667. The Labute approximate surface area is 207 Å². The lowest BCUT2D eigenvalue weighted by molar-refractivity contribution is -0.170. The molecule has 0 radical (unpaired) electrons. The molecule has 0 saturated carbocycles. The maximum absolute atomic E-state index is 12.7. The summed E-state index contributed by atoms with van der Waals surface area (Å²) >= 11 is 0. The average molecular weight is 482 g/mol. The summed E-state index contributed by atoms with van der Waals surface area (Å²) in [6.45, 7) is 18.9. The van der Waals surface area contributed by atoms with Gasteiger partial charge < -0.3 is 14.2 Å². The molecule has 0 aliphatic carbocycles. The van der Waals surface area contributed by atoms with Crippen LogP contribution in [0.25, 0.3) is 0 Å². The van der Waals surface area contributed by atoms with Crippen molar-refractivity contribution in [2.75, 3.05) is 7.05 Å². The van der Waals surface area contributed by atoms with Gasteiger partial charge in [0.15, 0.2) is 6.10 Å². The molecule has 0 bridgehead atoms. The van der Waals surface area contributed by atoms with Gasteiger partial charge in [0.05, 0.1) is 0 Å². The highest BCUT2D eigenvalue weighted by molar-refractivity contribution is 5.84. The van der Waals surface area contributed by atoms with Gasteiger partial charge in [-0.05, 0) is 45.6 Å². The van der Waals surface area contributed by atoms with Crippen molar-refractivity contribution in [3.8, 4) is 0 Å². The number of carbonyl (C=O) groups is 3. The lowest BCUT2D eigenvalue weighted by Gasteiger charge is -2.30. The zero-order valence-corrected chi connectivity index (χ0v) is 23.1. The predicted molar refractivity (Wildman–Crippen MR) is 136 cm³/mol. The Balaban J connectivity index is 0. The molecule has 1 aromatic carbocycles. The summed E-state index contributed by atoms with van der Waals surface area (Å²) in [5.74, 6) is -1.19. The minimum absolute atomic E-state index is 0.0921. The second-order valence-corrected chi connectivity index (χ2v) is 9.12. The second kappa shape index (κ2) is 17.8. The number of likely N-dealkylation sites (N-methyl/N-ethyl adjacent to an activating group) is 1. The van der Waals surface area contributed by atoms with E-state index in [1.54, 1.807) is 20.8 Å². The predicted octanol–water partition coefficient (Wildman–Crippen LogP) is 6.39. The van der Waals surface area contributed by atoms with Crippen LogP contribution < -0.4 is 0 Å². The van der Waals surface area contributed by atoms with Gasteiger partial charge in [0.2, 0.25) is 0 Å². The summed E-state index contributed by atoms with van der Waals surface area (Å²) < 4.78 is 15.8. The lowest BCUT2D eigenvalue weighted by atomic mass is 10.0. The van der Waals surface area contributed by atoms with E-state index in [2.05, 4.69) is 13.8 Å². The van der Waals surface area contributed by atoms with Crippen LogP contribution in [0.3, 0.4) is 0 Å². The zero-order chi connectivity index (χ0) is 26.9. The van der Waals surface area contributed by atoms with Crippen molar-refractivity contribution in [3.63, 3.8) is 0 Å². The highest BCUT2D eigenvalue weighted by Crippen LogP contribution is 2.17. The maximum atomic E-state index is 12.7. The van der Waals surface area contributed by atoms with Crippen LogP contribution in [0.15, 0.2) is 30.3 Å². The van der Waals surface area contributed by atoms with Crippen LogP contribution in [0.2, 0.25) is 0 Å². The fourth-order valence-electron chi connectivity index (χ4n) is 2.47. The van der Waals surface area contributed by atoms with Crippen molar-refractivity contribution in [1.82, 2.24) is 4.90 Å². The first kappa shape index (κ1) is 33.6. The van der Waals surface area contributed by atoms with E-state index in [9.17, 15) is 14.4 Å². The molecule has 0 aliphatic rings. The van der Waals surface area contributed by atoms with E-state index in [1.165, 1.54) is 25.3 Å². The maximum Gasteiger partial charge on any atom is 0.410 e. The van der Waals surface area contributed by atoms with Gasteiger partial charge in [-0.2, -0.15) is 0 Å². The van der Waals surface area contributed by atoms with Crippen LogP contribution >= 0.6 is 0 Å². The van der Waals surface area contributed by atoms with Crippen molar-refractivity contribution in [2.24, 2.45) is 5.92 Å². The minimum atomic E-state index is -1.09. The first-order chi connectivity index (χ1) is 15.8. The number of esters is 2. The van der Waals surface area contributed by atoms with Gasteiger partial charge in [0.1, 0.15) is 18.2 Å². The molecular weight excluding hydrogens is 434 g/mol. The third kappa shape index (κ3) is 15.3. The Morgan fingerprint density at radius 3 is 1.88 bits per heavy atom. The van der Waals surface area contributed by atoms with Crippen molar-refractivity contribution in [1.29, 1.82) is 0 Å². The summed E-state index contributed by atoms with van der Waals surface area (Å²) in [5.41, 5.74) is 0.147. The standard InChI is InChI=1S/C22H33NO6.C3H8.C2H6/c1-15(2)13-18(23(7)21(26)29-22(4,5)6)20(25)28-16(3)19(24)27-14-17-11-9-8-10-12-17;1-3-2;1-2/h8-12,15-16,18H,13-14H2,1-7H3;3H2,1-2H3;1-2H3/t16-,18+;;/m1../s1. The van der Waals surface area contributed by atoms with Gasteiger partial charge in [-0.1, -0.05) is 78.3 Å². The summed E-state index contributed by atoms with van der Waals surface area (Å²) in [7, 11) is 1.49. The number of nitrogens with zero attached hydrogens (tertiary/aromatic N) is 1.